The van der Waals surface area contributed by atoms with Crippen molar-refractivity contribution < 1.29 is 10.0 Å². The van der Waals surface area contributed by atoms with Crippen molar-refractivity contribution in [2.24, 2.45) is 0 Å². The van der Waals surface area contributed by atoms with Gasteiger partial charge in [-0.05, 0) is 22.0 Å². The van der Waals surface area contributed by atoms with Gasteiger partial charge in [-0.15, -0.1) is 0 Å². The predicted molar refractivity (Wildman–Crippen MR) is 68.7 cm³/mol. The molecule has 1 heterocycles. The lowest BCUT2D eigenvalue weighted by Gasteiger charge is -2.01. The first-order valence-electron chi connectivity index (χ1n) is 5.22. The van der Waals surface area contributed by atoms with E-state index in [0.29, 0.717) is 17.8 Å². The van der Waals surface area contributed by atoms with Gasteiger partial charge >= 0.3 is 0 Å². The molecule has 1 aromatic carbocycles. The Morgan fingerprint density at radius 3 is 2.83 bits per heavy atom. The first kappa shape index (κ1) is 12.7. The third kappa shape index (κ3) is 2.41. The molecule has 0 aliphatic rings. The third-order valence-electron chi connectivity index (χ3n) is 2.41. The molecule has 0 atom stereocenters. The molecule has 0 unspecified atom stereocenters. The summed E-state index contributed by atoms with van der Waals surface area (Å²) < 4.78 is 2.16. The SMILES string of the molecule is O=[N+]([O-])c1ccccc1-n1cc(Br)c(CCO)n1. The molecule has 1 N–H and O–H groups in total. The zero-order valence-corrected chi connectivity index (χ0v) is 10.9. The standard InChI is InChI=1S/C11H10BrN3O3/c12-8-7-14(13-9(8)5-6-16)10-3-1-2-4-11(10)15(17)18/h1-4,7,16H,5-6H2. The average Bonchev–Trinajstić information content (AvgIpc) is 2.71. The second-order valence-electron chi connectivity index (χ2n) is 3.59. The number of nitro groups is 1. The summed E-state index contributed by atoms with van der Waals surface area (Å²) in [6.07, 6.45) is 2.04. The van der Waals surface area contributed by atoms with Crippen molar-refractivity contribution in [1.82, 2.24) is 9.78 Å². The number of hydrogen-bond acceptors (Lipinski definition) is 4. The molecule has 2 rings (SSSR count). The van der Waals surface area contributed by atoms with Gasteiger partial charge in [-0.1, -0.05) is 12.1 Å². The minimum atomic E-state index is -0.448. The van der Waals surface area contributed by atoms with Crippen molar-refractivity contribution in [3.05, 3.63) is 50.7 Å². The van der Waals surface area contributed by atoms with E-state index in [1.54, 1.807) is 24.4 Å². The van der Waals surface area contributed by atoms with E-state index in [1.807, 2.05) is 0 Å². The normalized spacial score (nSPS) is 10.6. The number of halogens is 1. The molecule has 0 bridgehead atoms. The van der Waals surface area contributed by atoms with Crippen molar-refractivity contribution in [3.63, 3.8) is 0 Å². The van der Waals surface area contributed by atoms with Crippen LogP contribution in [0.1, 0.15) is 5.69 Å². The van der Waals surface area contributed by atoms with Gasteiger partial charge in [0.2, 0.25) is 0 Å². The lowest BCUT2D eigenvalue weighted by Crippen LogP contribution is -2.01. The molecular weight excluding hydrogens is 302 g/mol. The second-order valence-corrected chi connectivity index (χ2v) is 4.44. The van der Waals surface area contributed by atoms with Crippen LogP contribution in [0.3, 0.4) is 0 Å². The topological polar surface area (TPSA) is 81.2 Å². The molecule has 0 saturated heterocycles. The summed E-state index contributed by atoms with van der Waals surface area (Å²) in [5, 5.41) is 24.0. The smallest absolute Gasteiger partial charge is 0.294 e. The fourth-order valence-corrected chi connectivity index (χ4v) is 2.07. The van der Waals surface area contributed by atoms with Crippen LogP contribution >= 0.6 is 15.9 Å². The van der Waals surface area contributed by atoms with Crippen LogP contribution in [0, 0.1) is 10.1 Å². The monoisotopic (exact) mass is 311 g/mol. The number of aliphatic hydroxyl groups is 1. The van der Waals surface area contributed by atoms with Crippen molar-refractivity contribution in [2.75, 3.05) is 6.61 Å². The van der Waals surface area contributed by atoms with Crippen molar-refractivity contribution in [3.8, 4) is 5.69 Å². The molecule has 0 aliphatic heterocycles. The minimum absolute atomic E-state index is 0.0111. The summed E-state index contributed by atoms with van der Waals surface area (Å²) in [6, 6.07) is 6.37. The lowest BCUT2D eigenvalue weighted by molar-refractivity contribution is -0.384. The number of para-hydroxylation sites is 2. The average molecular weight is 312 g/mol. The van der Waals surface area contributed by atoms with Crippen LogP contribution in [0.4, 0.5) is 5.69 Å². The van der Waals surface area contributed by atoms with E-state index in [0.717, 1.165) is 4.47 Å². The highest BCUT2D eigenvalue weighted by Gasteiger charge is 2.16. The van der Waals surface area contributed by atoms with Gasteiger partial charge in [0.1, 0.15) is 5.69 Å². The Morgan fingerprint density at radius 1 is 1.44 bits per heavy atom. The Hall–Kier alpha value is -1.73. The molecule has 6 nitrogen and oxygen atoms in total. The number of aliphatic hydroxyl groups excluding tert-OH is 1. The van der Waals surface area contributed by atoms with E-state index >= 15 is 0 Å². The number of nitrogens with zero attached hydrogens (tertiary/aromatic N) is 3. The minimum Gasteiger partial charge on any atom is -0.396 e. The maximum atomic E-state index is 10.9. The van der Waals surface area contributed by atoms with E-state index in [-0.39, 0.29) is 12.3 Å². The van der Waals surface area contributed by atoms with E-state index < -0.39 is 4.92 Å². The number of aromatic nitrogens is 2. The van der Waals surface area contributed by atoms with Crippen LogP contribution in [0.5, 0.6) is 0 Å². The molecule has 94 valence electrons. The fourth-order valence-electron chi connectivity index (χ4n) is 1.60. The number of benzene rings is 1. The van der Waals surface area contributed by atoms with E-state index in [9.17, 15) is 10.1 Å². The number of rotatable bonds is 4. The van der Waals surface area contributed by atoms with Crippen LogP contribution in [-0.2, 0) is 6.42 Å². The molecule has 0 radical (unpaired) electrons. The van der Waals surface area contributed by atoms with Gasteiger partial charge in [0.25, 0.3) is 5.69 Å². The molecule has 0 saturated carbocycles. The Balaban J connectivity index is 2.49. The van der Waals surface area contributed by atoms with Crippen LogP contribution in [0.2, 0.25) is 0 Å². The van der Waals surface area contributed by atoms with Crippen LogP contribution in [-0.4, -0.2) is 26.4 Å². The number of hydrogen-bond donors (Lipinski definition) is 1. The Kier molecular flexibility index (Phi) is 3.73. The van der Waals surface area contributed by atoms with Crippen molar-refractivity contribution in [2.45, 2.75) is 6.42 Å². The largest absolute Gasteiger partial charge is 0.396 e. The highest BCUT2D eigenvalue weighted by Crippen LogP contribution is 2.24. The summed E-state index contributed by atoms with van der Waals surface area (Å²) in [4.78, 5) is 10.5. The maximum Gasteiger partial charge on any atom is 0.294 e. The Labute approximate surface area is 111 Å². The summed E-state index contributed by atoms with van der Waals surface area (Å²) >= 11 is 3.31. The van der Waals surface area contributed by atoms with Gasteiger partial charge in [-0.25, -0.2) is 4.68 Å². The molecule has 0 fully saturated rings. The first-order chi connectivity index (χ1) is 8.63. The zero-order valence-electron chi connectivity index (χ0n) is 9.28. The van der Waals surface area contributed by atoms with Crippen LogP contribution in [0.25, 0.3) is 5.69 Å². The molecule has 2 aromatic rings. The van der Waals surface area contributed by atoms with Gasteiger partial charge in [0.05, 0.1) is 15.1 Å². The summed E-state index contributed by atoms with van der Waals surface area (Å²) in [6.45, 7) is -0.0213. The van der Waals surface area contributed by atoms with E-state index in [4.69, 9.17) is 5.11 Å². The first-order valence-corrected chi connectivity index (χ1v) is 6.01. The Bertz CT molecular complexity index is 583. The van der Waals surface area contributed by atoms with E-state index in [2.05, 4.69) is 21.0 Å². The van der Waals surface area contributed by atoms with Gasteiger partial charge < -0.3 is 5.11 Å². The quantitative estimate of drug-likeness (QED) is 0.692. The van der Waals surface area contributed by atoms with Crippen LogP contribution < -0.4 is 0 Å². The Morgan fingerprint density at radius 2 is 2.17 bits per heavy atom. The van der Waals surface area contributed by atoms with Gasteiger partial charge in [-0.3, -0.25) is 10.1 Å². The molecule has 0 amide bonds. The van der Waals surface area contributed by atoms with Crippen molar-refractivity contribution >= 4 is 21.6 Å². The molecule has 0 spiro atoms. The third-order valence-corrected chi connectivity index (χ3v) is 3.08. The van der Waals surface area contributed by atoms with Gasteiger partial charge in [0, 0.05) is 25.3 Å². The summed E-state index contributed by atoms with van der Waals surface area (Å²) in [5.74, 6) is 0. The number of nitro benzene ring substituents is 1. The molecular formula is C11H10BrN3O3. The van der Waals surface area contributed by atoms with E-state index in [1.165, 1.54) is 10.7 Å². The molecule has 0 aliphatic carbocycles. The highest BCUT2D eigenvalue weighted by molar-refractivity contribution is 9.10. The zero-order chi connectivity index (χ0) is 13.1. The van der Waals surface area contributed by atoms with Crippen LogP contribution in [0.15, 0.2) is 34.9 Å². The molecule has 7 heteroatoms. The van der Waals surface area contributed by atoms with Gasteiger partial charge in [0.15, 0.2) is 0 Å². The maximum absolute atomic E-state index is 10.9. The predicted octanol–water partition coefficient (Wildman–Crippen LogP) is 2.08. The summed E-state index contributed by atoms with van der Waals surface area (Å²) in [7, 11) is 0. The highest BCUT2D eigenvalue weighted by atomic mass is 79.9. The molecule has 18 heavy (non-hydrogen) atoms. The summed E-state index contributed by atoms with van der Waals surface area (Å²) in [5.41, 5.74) is 1.05. The molecule has 1 aromatic heterocycles. The van der Waals surface area contributed by atoms with Crippen molar-refractivity contribution in [1.29, 1.82) is 0 Å². The fraction of sp³-hybridized carbons (Fsp3) is 0.182. The van der Waals surface area contributed by atoms with Gasteiger partial charge in [-0.2, -0.15) is 5.10 Å². The lowest BCUT2D eigenvalue weighted by atomic mass is 10.3. The second kappa shape index (κ2) is 5.28.